The van der Waals surface area contributed by atoms with E-state index in [1.165, 1.54) is 10.8 Å². The Balaban J connectivity index is 1.67. The van der Waals surface area contributed by atoms with Crippen molar-refractivity contribution in [2.45, 2.75) is 38.2 Å². The van der Waals surface area contributed by atoms with Gasteiger partial charge in [-0.15, -0.1) is 0 Å². The average molecular weight is 414 g/mol. The van der Waals surface area contributed by atoms with E-state index < -0.39 is 42.3 Å². The Bertz CT molecular complexity index is 1210. The zero-order valence-corrected chi connectivity index (χ0v) is 16.2. The van der Waals surface area contributed by atoms with E-state index in [2.05, 4.69) is 10.3 Å². The predicted molar refractivity (Wildman–Crippen MR) is 109 cm³/mol. The number of H-pyrrole nitrogens is 1. The van der Waals surface area contributed by atoms with Gasteiger partial charge in [0.05, 0.1) is 18.2 Å². The maximum Gasteiger partial charge on any atom is 0.330 e. The highest BCUT2D eigenvalue weighted by Crippen LogP contribution is 2.27. The summed E-state index contributed by atoms with van der Waals surface area (Å²) in [5, 5.41) is 22.6. The molecule has 1 fully saturated rings. The van der Waals surface area contributed by atoms with Crippen LogP contribution in [0.5, 0.6) is 0 Å². The van der Waals surface area contributed by atoms with Crippen LogP contribution in [0, 0.1) is 0 Å². The number of amides is 1. The zero-order chi connectivity index (χ0) is 21.4. The minimum absolute atomic E-state index is 0.0622. The molecule has 0 bridgehead atoms. The summed E-state index contributed by atoms with van der Waals surface area (Å²) < 4.78 is 7.97. The summed E-state index contributed by atoms with van der Waals surface area (Å²) in [7, 11) is 0. The lowest BCUT2D eigenvalue weighted by Gasteiger charge is -2.15. The second-order valence-electron chi connectivity index (χ2n) is 7.15. The summed E-state index contributed by atoms with van der Waals surface area (Å²) >= 11 is 0. The fourth-order valence-electron chi connectivity index (χ4n) is 3.71. The minimum Gasteiger partial charge on any atom is -0.394 e. The molecule has 1 amide bonds. The molecule has 0 aliphatic carbocycles. The van der Waals surface area contributed by atoms with Crippen molar-refractivity contribution < 1.29 is 19.7 Å². The number of anilines is 1. The quantitative estimate of drug-likeness (QED) is 0.498. The molecule has 3 heterocycles. The summed E-state index contributed by atoms with van der Waals surface area (Å²) in [5.41, 5.74) is 0.0520. The van der Waals surface area contributed by atoms with Crippen LogP contribution in [-0.4, -0.2) is 49.2 Å². The van der Waals surface area contributed by atoms with Crippen LogP contribution < -0.4 is 16.6 Å². The van der Waals surface area contributed by atoms with Crippen LogP contribution in [0.15, 0.2) is 46.2 Å². The molecule has 158 valence electrons. The van der Waals surface area contributed by atoms with Crippen LogP contribution >= 0.6 is 0 Å². The lowest BCUT2D eigenvalue weighted by atomic mass is 10.1. The topological polar surface area (TPSA) is 139 Å². The molecule has 10 nitrogen and oxygen atoms in total. The van der Waals surface area contributed by atoms with Gasteiger partial charge in [-0.05, 0) is 18.1 Å². The fourth-order valence-corrected chi connectivity index (χ4v) is 3.71. The zero-order valence-electron chi connectivity index (χ0n) is 16.2. The third kappa shape index (κ3) is 3.45. The van der Waals surface area contributed by atoms with Crippen molar-refractivity contribution in [2.75, 3.05) is 11.9 Å². The molecule has 1 aliphatic rings. The number of carbonyl (C=O) groups excluding carboxylic acids is 1. The molecule has 0 saturated carbocycles. The first kappa shape index (κ1) is 20.1. The van der Waals surface area contributed by atoms with Crippen molar-refractivity contribution in [1.82, 2.24) is 14.1 Å². The van der Waals surface area contributed by atoms with Gasteiger partial charge < -0.3 is 20.3 Å². The Morgan fingerprint density at radius 3 is 2.77 bits per heavy atom. The lowest BCUT2D eigenvalue weighted by Crippen LogP contribution is -2.35. The van der Waals surface area contributed by atoms with E-state index in [0.29, 0.717) is 5.52 Å². The molecule has 3 atom stereocenters. The molecule has 0 unspecified atom stereocenters. The molecule has 1 saturated heterocycles. The summed E-state index contributed by atoms with van der Waals surface area (Å²) in [6, 6.07) is 6.88. The van der Waals surface area contributed by atoms with Gasteiger partial charge in [0, 0.05) is 24.2 Å². The molecule has 3 aromatic rings. The van der Waals surface area contributed by atoms with Gasteiger partial charge >= 0.3 is 11.7 Å². The molecular weight excluding hydrogens is 392 g/mol. The predicted octanol–water partition coefficient (Wildman–Crippen LogP) is 0.775. The number of ether oxygens (including phenoxy) is 1. The third-order valence-electron chi connectivity index (χ3n) is 5.30. The Morgan fingerprint density at radius 2 is 2.07 bits per heavy atom. The number of benzene rings is 1. The van der Waals surface area contributed by atoms with Gasteiger partial charge in [0.1, 0.15) is 18.0 Å². The summed E-state index contributed by atoms with van der Waals surface area (Å²) in [6.45, 7) is 1.58. The van der Waals surface area contributed by atoms with Gasteiger partial charge in [0.15, 0.2) is 0 Å². The standard InChI is InChI=1S/C20H22N4O6/c1-2-11-8-23(14-6-4-3-5-12(11)14)19(28)21-13-9-24(20(29)22-18(13)27)17-7-15(26)16(10-25)30-17/h3-6,8-9,15-17,25-26H,2,7,10H2,1H3,(H,21,28)(H,22,27,29)/t15-,16+,17+/m0/s1. The number of rotatable bonds is 4. The number of aromatic nitrogens is 3. The number of aliphatic hydroxyl groups is 2. The summed E-state index contributed by atoms with van der Waals surface area (Å²) in [4.78, 5) is 39.5. The highest BCUT2D eigenvalue weighted by molar-refractivity contribution is 5.99. The van der Waals surface area contributed by atoms with Crippen molar-refractivity contribution in [2.24, 2.45) is 0 Å². The maximum atomic E-state index is 12.9. The highest BCUT2D eigenvalue weighted by Gasteiger charge is 2.35. The second kappa shape index (κ2) is 7.90. The summed E-state index contributed by atoms with van der Waals surface area (Å²) in [5.74, 6) is 0. The number of aromatic amines is 1. The maximum absolute atomic E-state index is 12.9. The van der Waals surface area contributed by atoms with Crippen molar-refractivity contribution in [3.8, 4) is 0 Å². The SMILES string of the molecule is CCc1cn(C(=O)Nc2cn([C@H]3C[C@H](O)[C@@H](CO)O3)c(=O)[nH]c2=O)c2ccccc12. The van der Waals surface area contributed by atoms with Crippen LogP contribution in [0.3, 0.4) is 0 Å². The molecule has 4 rings (SSSR count). The normalized spacial score (nSPS) is 21.2. The number of nitrogens with zero attached hydrogens (tertiary/aromatic N) is 2. The molecule has 1 aromatic carbocycles. The number of carbonyl (C=O) groups is 1. The first-order chi connectivity index (χ1) is 14.4. The molecule has 1 aliphatic heterocycles. The van der Waals surface area contributed by atoms with Crippen LogP contribution in [0.4, 0.5) is 10.5 Å². The largest absolute Gasteiger partial charge is 0.394 e. The molecular formula is C20H22N4O6. The van der Waals surface area contributed by atoms with Crippen molar-refractivity contribution in [3.63, 3.8) is 0 Å². The van der Waals surface area contributed by atoms with Gasteiger partial charge in [0.25, 0.3) is 5.56 Å². The first-order valence-corrected chi connectivity index (χ1v) is 9.63. The van der Waals surface area contributed by atoms with E-state index in [1.54, 1.807) is 6.20 Å². The third-order valence-corrected chi connectivity index (χ3v) is 5.30. The highest BCUT2D eigenvalue weighted by atomic mass is 16.5. The number of nitrogens with one attached hydrogen (secondary N) is 2. The molecule has 0 radical (unpaired) electrons. The average Bonchev–Trinajstić information content (AvgIpc) is 3.30. The molecule has 4 N–H and O–H groups in total. The van der Waals surface area contributed by atoms with Gasteiger partial charge in [-0.25, -0.2) is 9.59 Å². The van der Waals surface area contributed by atoms with E-state index in [-0.39, 0.29) is 12.1 Å². The number of hydrogen-bond acceptors (Lipinski definition) is 6. The van der Waals surface area contributed by atoms with Crippen LogP contribution in [0.2, 0.25) is 0 Å². The Labute approximate surface area is 170 Å². The molecule has 30 heavy (non-hydrogen) atoms. The van der Waals surface area contributed by atoms with Gasteiger partial charge in [0.2, 0.25) is 0 Å². The number of aryl methyl sites for hydroxylation is 1. The van der Waals surface area contributed by atoms with Crippen LogP contribution in [0.1, 0.15) is 25.1 Å². The molecule has 10 heteroatoms. The van der Waals surface area contributed by atoms with E-state index in [4.69, 9.17) is 4.74 Å². The monoisotopic (exact) mass is 414 g/mol. The van der Waals surface area contributed by atoms with E-state index in [0.717, 1.165) is 21.9 Å². The number of hydrogen-bond donors (Lipinski definition) is 4. The number of aliphatic hydroxyl groups excluding tert-OH is 2. The van der Waals surface area contributed by atoms with Gasteiger partial charge in [-0.1, -0.05) is 25.1 Å². The van der Waals surface area contributed by atoms with E-state index in [9.17, 15) is 24.6 Å². The second-order valence-corrected chi connectivity index (χ2v) is 7.15. The molecule has 2 aromatic heterocycles. The van der Waals surface area contributed by atoms with Crippen molar-refractivity contribution in [3.05, 3.63) is 63.1 Å². The van der Waals surface area contributed by atoms with Crippen LogP contribution in [0.25, 0.3) is 10.9 Å². The number of para-hydroxylation sites is 1. The lowest BCUT2D eigenvalue weighted by molar-refractivity contribution is -0.0458. The van der Waals surface area contributed by atoms with Gasteiger partial charge in [-0.2, -0.15) is 0 Å². The first-order valence-electron chi connectivity index (χ1n) is 9.63. The van der Waals surface area contributed by atoms with E-state index in [1.807, 2.05) is 31.2 Å². The summed E-state index contributed by atoms with van der Waals surface area (Å²) in [6.07, 6.45) is 1.04. The smallest absolute Gasteiger partial charge is 0.330 e. The molecule has 0 spiro atoms. The number of fused-ring (bicyclic) bond motifs is 1. The Hall–Kier alpha value is -3.21. The fraction of sp³-hybridized carbons (Fsp3) is 0.350. The Morgan fingerprint density at radius 1 is 1.30 bits per heavy atom. The van der Waals surface area contributed by atoms with Crippen molar-refractivity contribution in [1.29, 1.82) is 0 Å². The van der Waals surface area contributed by atoms with E-state index >= 15 is 0 Å². The Kier molecular flexibility index (Phi) is 5.29. The minimum atomic E-state index is -0.949. The van der Waals surface area contributed by atoms with Crippen LogP contribution in [-0.2, 0) is 11.2 Å². The van der Waals surface area contributed by atoms with Gasteiger partial charge in [-0.3, -0.25) is 18.9 Å². The van der Waals surface area contributed by atoms with Crippen molar-refractivity contribution >= 4 is 22.6 Å².